The predicted octanol–water partition coefficient (Wildman–Crippen LogP) is 3.51. The minimum absolute atomic E-state index is 0.155. The van der Waals surface area contributed by atoms with Crippen LogP contribution in [0.1, 0.15) is 28.8 Å². The zero-order valence-electron chi connectivity index (χ0n) is 10.8. The highest BCUT2D eigenvalue weighted by Crippen LogP contribution is 2.34. The molecule has 1 aliphatic rings. The summed E-state index contributed by atoms with van der Waals surface area (Å²) in [5.74, 6) is -0.321. The van der Waals surface area contributed by atoms with Gasteiger partial charge in [0.1, 0.15) is 5.82 Å². The van der Waals surface area contributed by atoms with Crippen LogP contribution in [0.5, 0.6) is 0 Å². The van der Waals surface area contributed by atoms with Gasteiger partial charge in [-0.25, -0.2) is 4.39 Å². The zero-order valence-corrected chi connectivity index (χ0v) is 12.4. The van der Waals surface area contributed by atoms with Gasteiger partial charge in [-0.3, -0.25) is 0 Å². The average Bonchev–Trinajstić information content (AvgIpc) is 2.49. The fraction of sp³-hybridized carbons (Fsp3) is 0.250. The summed E-state index contributed by atoms with van der Waals surface area (Å²) in [4.78, 5) is 0. The van der Waals surface area contributed by atoms with Crippen LogP contribution in [0.25, 0.3) is 0 Å². The third-order valence-electron chi connectivity index (χ3n) is 3.75. The number of hydrogen-bond donors (Lipinski definition) is 2. The molecule has 1 aliphatic heterocycles. The van der Waals surface area contributed by atoms with Crippen molar-refractivity contribution in [2.45, 2.75) is 18.6 Å². The summed E-state index contributed by atoms with van der Waals surface area (Å²) in [7, 11) is 0. The molecule has 2 unspecified atom stereocenters. The first-order chi connectivity index (χ1) is 9.66. The van der Waals surface area contributed by atoms with E-state index in [1.54, 1.807) is 12.1 Å². The highest BCUT2D eigenvalue weighted by atomic mass is 79.9. The molecule has 4 heteroatoms. The van der Waals surface area contributed by atoms with Crippen LogP contribution in [-0.4, -0.2) is 11.7 Å². The molecule has 104 valence electrons. The molecule has 0 saturated carbocycles. The molecule has 0 saturated heterocycles. The second kappa shape index (κ2) is 5.64. The normalized spacial score (nSPS) is 19.4. The molecule has 0 aromatic heterocycles. The summed E-state index contributed by atoms with van der Waals surface area (Å²) in [6.07, 6.45) is 0.264. The predicted molar refractivity (Wildman–Crippen MR) is 79.9 cm³/mol. The zero-order chi connectivity index (χ0) is 14.1. The number of hydrogen-bond acceptors (Lipinski definition) is 2. The van der Waals surface area contributed by atoms with Gasteiger partial charge in [-0.05, 0) is 57.7 Å². The molecule has 0 fully saturated rings. The van der Waals surface area contributed by atoms with Gasteiger partial charge in [0.25, 0.3) is 0 Å². The Morgan fingerprint density at radius 3 is 2.85 bits per heavy atom. The van der Waals surface area contributed by atoms with Crippen LogP contribution in [0.4, 0.5) is 4.39 Å². The molecule has 0 aliphatic carbocycles. The van der Waals surface area contributed by atoms with Gasteiger partial charge in [0.15, 0.2) is 0 Å². The quantitative estimate of drug-likeness (QED) is 0.880. The topological polar surface area (TPSA) is 32.3 Å². The summed E-state index contributed by atoms with van der Waals surface area (Å²) in [5.41, 5.74) is 3.08. The first-order valence-corrected chi connectivity index (χ1v) is 7.40. The summed E-state index contributed by atoms with van der Waals surface area (Å²) in [5, 5.41) is 14.0. The highest BCUT2D eigenvalue weighted by Gasteiger charge is 2.27. The van der Waals surface area contributed by atoms with Crippen molar-refractivity contribution in [2.75, 3.05) is 6.54 Å². The Balaban J connectivity index is 1.95. The summed E-state index contributed by atoms with van der Waals surface area (Å²) >= 11 is 3.16. The molecule has 0 radical (unpaired) electrons. The number of aliphatic hydroxyl groups excluding tert-OH is 1. The van der Waals surface area contributed by atoms with Crippen LogP contribution in [0.3, 0.4) is 0 Å². The van der Waals surface area contributed by atoms with E-state index in [4.69, 9.17) is 0 Å². The lowest BCUT2D eigenvalue weighted by molar-refractivity contribution is 0.125. The van der Waals surface area contributed by atoms with E-state index in [1.165, 1.54) is 11.6 Å². The number of benzene rings is 2. The molecule has 3 rings (SSSR count). The van der Waals surface area contributed by atoms with Gasteiger partial charge >= 0.3 is 0 Å². The van der Waals surface area contributed by atoms with E-state index in [0.29, 0.717) is 10.0 Å². The van der Waals surface area contributed by atoms with E-state index in [1.807, 2.05) is 18.2 Å². The number of rotatable bonds is 2. The number of aliphatic hydroxyl groups is 1. The minimum Gasteiger partial charge on any atom is -0.386 e. The van der Waals surface area contributed by atoms with Crippen LogP contribution in [-0.2, 0) is 6.42 Å². The van der Waals surface area contributed by atoms with E-state index >= 15 is 0 Å². The van der Waals surface area contributed by atoms with Gasteiger partial charge in [0.2, 0.25) is 0 Å². The van der Waals surface area contributed by atoms with Crippen molar-refractivity contribution in [1.29, 1.82) is 0 Å². The summed E-state index contributed by atoms with van der Waals surface area (Å²) < 4.78 is 13.7. The Morgan fingerprint density at radius 1 is 1.25 bits per heavy atom. The Hall–Kier alpha value is -1.23. The van der Waals surface area contributed by atoms with Gasteiger partial charge in [0, 0.05) is 0 Å². The Kier molecular flexibility index (Phi) is 3.87. The van der Waals surface area contributed by atoms with Crippen LogP contribution < -0.4 is 5.32 Å². The highest BCUT2D eigenvalue weighted by molar-refractivity contribution is 9.10. The monoisotopic (exact) mass is 335 g/mol. The average molecular weight is 336 g/mol. The summed E-state index contributed by atoms with van der Waals surface area (Å²) in [6, 6.07) is 12.6. The lowest BCUT2D eigenvalue weighted by Gasteiger charge is -2.31. The lowest BCUT2D eigenvalue weighted by atomic mass is 9.88. The smallest absolute Gasteiger partial charge is 0.137 e. The van der Waals surface area contributed by atoms with Crippen molar-refractivity contribution in [2.24, 2.45) is 0 Å². The molecule has 20 heavy (non-hydrogen) atoms. The number of halogens is 2. The van der Waals surface area contributed by atoms with E-state index in [-0.39, 0.29) is 11.9 Å². The largest absolute Gasteiger partial charge is 0.386 e. The number of nitrogens with one attached hydrogen (secondary N) is 1. The third-order valence-corrected chi connectivity index (χ3v) is 4.36. The first kappa shape index (κ1) is 13.7. The molecular formula is C16H15BrFNO. The van der Waals surface area contributed by atoms with Crippen LogP contribution >= 0.6 is 15.9 Å². The maximum Gasteiger partial charge on any atom is 0.137 e. The first-order valence-electron chi connectivity index (χ1n) is 6.61. The van der Waals surface area contributed by atoms with Gasteiger partial charge in [-0.2, -0.15) is 0 Å². The van der Waals surface area contributed by atoms with Crippen molar-refractivity contribution in [3.63, 3.8) is 0 Å². The minimum atomic E-state index is -0.701. The SMILES string of the molecule is OC(c1ccc(F)c(Br)c1)C1NCCc2ccccc21. The van der Waals surface area contributed by atoms with Crippen molar-refractivity contribution in [1.82, 2.24) is 5.32 Å². The summed E-state index contributed by atoms with van der Waals surface area (Å²) in [6.45, 7) is 0.834. The van der Waals surface area contributed by atoms with Gasteiger partial charge in [0.05, 0.1) is 16.6 Å². The molecule has 0 bridgehead atoms. The van der Waals surface area contributed by atoms with Gasteiger partial charge in [-0.1, -0.05) is 30.3 Å². The lowest BCUT2D eigenvalue weighted by Crippen LogP contribution is -2.33. The Labute approximate surface area is 125 Å². The molecule has 0 amide bonds. The van der Waals surface area contributed by atoms with Crippen molar-refractivity contribution in [3.8, 4) is 0 Å². The third kappa shape index (κ3) is 2.51. The molecule has 1 heterocycles. The van der Waals surface area contributed by atoms with E-state index < -0.39 is 6.10 Å². The van der Waals surface area contributed by atoms with Crippen LogP contribution in [0.2, 0.25) is 0 Å². The molecule has 2 nitrogen and oxygen atoms in total. The second-order valence-corrected chi connectivity index (χ2v) is 5.85. The van der Waals surface area contributed by atoms with Crippen molar-refractivity contribution in [3.05, 3.63) is 69.4 Å². The number of fused-ring (bicyclic) bond motifs is 1. The van der Waals surface area contributed by atoms with Crippen molar-refractivity contribution >= 4 is 15.9 Å². The van der Waals surface area contributed by atoms with Gasteiger partial charge in [-0.15, -0.1) is 0 Å². The fourth-order valence-electron chi connectivity index (χ4n) is 2.71. The van der Waals surface area contributed by atoms with Crippen LogP contribution in [0, 0.1) is 5.82 Å². The van der Waals surface area contributed by atoms with E-state index in [2.05, 4.69) is 27.3 Å². The Bertz CT molecular complexity index is 632. The Morgan fingerprint density at radius 2 is 2.05 bits per heavy atom. The van der Waals surface area contributed by atoms with E-state index in [9.17, 15) is 9.50 Å². The fourth-order valence-corrected chi connectivity index (χ4v) is 3.10. The molecular weight excluding hydrogens is 321 g/mol. The standard InChI is InChI=1S/C16H15BrFNO/c17-13-9-11(5-6-14(13)18)16(20)15-12-4-2-1-3-10(12)7-8-19-15/h1-6,9,15-16,19-20H,7-8H2. The maximum atomic E-state index is 13.3. The molecule has 2 N–H and O–H groups in total. The molecule has 2 aromatic carbocycles. The maximum absolute atomic E-state index is 13.3. The molecule has 0 spiro atoms. The second-order valence-electron chi connectivity index (χ2n) is 5.00. The molecule has 2 aromatic rings. The van der Waals surface area contributed by atoms with Gasteiger partial charge < -0.3 is 10.4 Å². The van der Waals surface area contributed by atoms with E-state index in [0.717, 1.165) is 18.5 Å². The molecule has 2 atom stereocenters. The van der Waals surface area contributed by atoms with Crippen LogP contribution in [0.15, 0.2) is 46.9 Å². The van der Waals surface area contributed by atoms with Crippen molar-refractivity contribution < 1.29 is 9.50 Å².